The van der Waals surface area contributed by atoms with Gasteiger partial charge in [-0.25, -0.2) is 19.0 Å². The molecule has 8 nitrogen and oxygen atoms in total. The molecule has 0 spiro atoms. The molecule has 5 aromatic rings. The lowest BCUT2D eigenvalue weighted by Crippen LogP contribution is -2.36. The van der Waals surface area contributed by atoms with Crippen LogP contribution in [0.4, 0.5) is 10.3 Å². The predicted octanol–water partition coefficient (Wildman–Crippen LogP) is 6.60. The van der Waals surface area contributed by atoms with Gasteiger partial charge in [0.2, 0.25) is 5.95 Å². The molecule has 3 aromatic carbocycles. The molecule has 45 heavy (non-hydrogen) atoms. The van der Waals surface area contributed by atoms with Crippen LogP contribution in [0.3, 0.4) is 0 Å². The number of hydrogen-bond donors (Lipinski definition) is 2. The maximum absolute atomic E-state index is 13.9. The molecule has 2 atom stereocenters. The summed E-state index contributed by atoms with van der Waals surface area (Å²) in [7, 11) is 4.01. The number of rotatable bonds is 7. The molecule has 3 N–H and O–H groups in total. The average molecular weight is 608 g/mol. The van der Waals surface area contributed by atoms with Crippen LogP contribution in [0.15, 0.2) is 102 Å². The Bertz CT molecular complexity index is 1730. The van der Waals surface area contributed by atoms with E-state index < -0.39 is 0 Å². The Kier molecular flexibility index (Phi) is 10.2. The Balaban J connectivity index is 0.000000383. The molecule has 0 radical (unpaired) electrons. The monoisotopic (exact) mass is 607 g/mol. The zero-order valence-electron chi connectivity index (χ0n) is 26.4. The summed E-state index contributed by atoms with van der Waals surface area (Å²) in [4.78, 5) is 25.4. The van der Waals surface area contributed by atoms with E-state index in [0.29, 0.717) is 28.5 Å². The average Bonchev–Trinajstić information content (AvgIpc) is 3.32. The van der Waals surface area contributed by atoms with E-state index in [1.807, 2.05) is 77.9 Å². The second-order valence-corrected chi connectivity index (χ2v) is 11.7. The summed E-state index contributed by atoms with van der Waals surface area (Å²) in [6.07, 6.45) is 3.48. The number of aromatic nitrogens is 4. The van der Waals surface area contributed by atoms with Crippen molar-refractivity contribution in [2.24, 2.45) is 12.8 Å². The number of anilines is 1. The van der Waals surface area contributed by atoms with E-state index in [-0.39, 0.29) is 29.5 Å². The molecule has 0 saturated carbocycles. The van der Waals surface area contributed by atoms with E-state index in [4.69, 9.17) is 10.7 Å². The minimum absolute atomic E-state index is 0.00525. The standard InChI is InChI=1S/C28H31FN6O.C8H11N/c1-19(20-7-5-4-6-8-20)31-28-30-16-13-24(32-28)26-25(21-9-11-22(29)12-10-21)27(36)35(34(26)3)23-14-17-33(2)18-15-23;1-7(9)8-5-3-2-4-6-8/h4-13,16,19,23H,14-15,17-18H2,1-3H3,(H,30,31,32);2-7H,9H2,1H3/t19-;7-/m00/s1. The fraction of sp³-hybridized carbons (Fsp3) is 0.306. The van der Waals surface area contributed by atoms with Gasteiger partial charge >= 0.3 is 0 Å². The van der Waals surface area contributed by atoms with Crippen molar-refractivity contribution >= 4 is 5.95 Å². The summed E-state index contributed by atoms with van der Waals surface area (Å²) in [5.41, 5.74) is 10.4. The van der Waals surface area contributed by atoms with Gasteiger partial charge < -0.3 is 16.0 Å². The molecule has 0 bridgehead atoms. The summed E-state index contributed by atoms with van der Waals surface area (Å²) in [6.45, 7) is 5.90. The van der Waals surface area contributed by atoms with Crippen LogP contribution in [0.2, 0.25) is 0 Å². The third-order valence-corrected chi connectivity index (χ3v) is 8.34. The number of halogens is 1. The third-order valence-electron chi connectivity index (χ3n) is 8.34. The first kappa shape index (κ1) is 31.8. The van der Waals surface area contributed by atoms with Crippen LogP contribution in [0.1, 0.15) is 55.9 Å². The normalized spacial score (nSPS) is 15.2. The summed E-state index contributed by atoms with van der Waals surface area (Å²) in [6, 6.07) is 28.3. The van der Waals surface area contributed by atoms with E-state index in [2.05, 4.69) is 41.3 Å². The Morgan fingerprint density at radius 1 is 0.867 bits per heavy atom. The second kappa shape index (κ2) is 14.5. The molecule has 1 aliphatic rings. The molecule has 0 unspecified atom stereocenters. The Morgan fingerprint density at radius 2 is 1.47 bits per heavy atom. The van der Waals surface area contributed by atoms with Crippen molar-refractivity contribution < 1.29 is 4.39 Å². The maximum Gasteiger partial charge on any atom is 0.275 e. The first-order chi connectivity index (χ1) is 21.7. The predicted molar refractivity (Wildman–Crippen MR) is 179 cm³/mol. The van der Waals surface area contributed by atoms with Gasteiger partial charge in [0.05, 0.1) is 29.0 Å². The van der Waals surface area contributed by atoms with Gasteiger partial charge in [0.1, 0.15) is 5.82 Å². The first-order valence-electron chi connectivity index (χ1n) is 15.4. The van der Waals surface area contributed by atoms with Crippen LogP contribution in [0.5, 0.6) is 0 Å². The van der Waals surface area contributed by atoms with Crippen LogP contribution in [-0.4, -0.2) is 44.4 Å². The minimum Gasteiger partial charge on any atom is -0.348 e. The maximum atomic E-state index is 13.9. The topological polar surface area (TPSA) is 94.0 Å². The molecule has 0 aliphatic carbocycles. The highest BCUT2D eigenvalue weighted by atomic mass is 19.1. The molecule has 6 rings (SSSR count). The van der Waals surface area contributed by atoms with E-state index in [1.165, 1.54) is 17.7 Å². The van der Waals surface area contributed by atoms with Crippen LogP contribution >= 0.6 is 0 Å². The summed E-state index contributed by atoms with van der Waals surface area (Å²) in [5.74, 6) is 0.142. The number of benzene rings is 3. The lowest BCUT2D eigenvalue weighted by atomic mass is 10.0. The van der Waals surface area contributed by atoms with Gasteiger partial charge in [0.25, 0.3) is 5.56 Å². The van der Waals surface area contributed by atoms with Crippen molar-refractivity contribution in [1.29, 1.82) is 0 Å². The van der Waals surface area contributed by atoms with Crippen LogP contribution in [0.25, 0.3) is 22.5 Å². The van der Waals surface area contributed by atoms with Crippen molar-refractivity contribution in [2.75, 3.05) is 25.5 Å². The van der Waals surface area contributed by atoms with E-state index in [9.17, 15) is 9.18 Å². The van der Waals surface area contributed by atoms with E-state index in [0.717, 1.165) is 31.5 Å². The number of hydrogen-bond acceptors (Lipinski definition) is 6. The van der Waals surface area contributed by atoms with Crippen LogP contribution < -0.4 is 16.6 Å². The molecule has 0 amide bonds. The fourth-order valence-corrected chi connectivity index (χ4v) is 5.78. The van der Waals surface area contributed by atoms with E-state index in [1.54, 1.807) is 18.3 Å². The Hall–Kier alpha value is -4.60. The smallest absolute Gasteiger partial charge is 0.275 e. The molecule has 3 heterocycles. The van der Waals surface area contributed by atoms with Gasteiger partial charge in [0, 0.05) is 19.3 Å². The number of nitrogens with zero attached hydrogens (tertiary/aromatic N) is 5. The molecular formula is C36H42FN7O. The summed E-state index contributed by atoms with van der Waals surface area (Å²) < 4.78 is 17.5. The minimum atomic E-state index is -0.338. The van der Waals surface area contributed by atoms with Gasteiger partial charge in [-0.1, -0.05) is 72.8 Å². The number of nitrogens with one attached hydrogen (secondary N) is 1. The highest BCUT2D eigenvalue weighted by Crippen LogP contribution is 2.32. The van der Waals surface area contributed by atoms with Crippen molar-refractivity contribution in [2.45, 2.75) is 44.8 Å². The lowest BCUT2D eigenvalue weighted by Gasteiger charge is -2.30. The summed E-state index contributed by atoms with van der Waals surface area (Å²) in [5, 5.41) is 3.37. The number of likely N-dealkylation sites (tertiary alicyclic amines) is 1. The largest absolute Gasteiger partial charge is 0.348 e. The zero-order chi connectivity index (χ0) is 31.9. The molecule has 1 fully saturated rings. The Labute approximate surface area is 264 Å². The van der Waals surface area contributed by atoms with Crippen molar-refractivity contribution in [3.8, 4) is 22.5 Å². The van der Waals surface area contributed by atoms with Gasteiger partial charge in [0.15, 0.2) is 0 Å². The van der Waals surface area contributed by atoms with Crippen molar-refractivity contribution in [3.05, 3.63) is 124 Å². The zero-order valence-corrected chi connectivity index (χ0v) is 26.4. The van der Waals surface area contributed by atoms with Gasteiger partial charge in [-0.3, -0.25) is 9.48 Å². The molecular weight excluding hydrogens is 565 g/mol. The second-order valence-electron chi connectivity index (χ2n) is 11.7. The SMILES string of the molecule is C[C@H](N)c1ccccc1.C[C@H](Nc1nccc(-c2c(-c3ccc(F)cc3)c(=O)n(C3CCN(C)CC3)n2C)n1)c1ccccc1. The summed E-state index contributed by atoms with van der Waals surface area (Å²) >= 11 is 0. The Morgan fingerprint density at radius 3 is 2.04 bits per heavy atom. The lowest BCUT2D eigenvalue weighted by molar-refractivity contribution is 0.200. The first-order valence-corrected chi connectivity index (χ1v) is 15.4. The highest BCUT2D eigenvalue weighted by molar-refractivity contribution is 5.79. The van der Waals surface area contributed by atoms with Crippen LogP contribution in [0, 0.1) is 5.82 Å². The van der Waals surface area contributed by atoms with Gasteiger partial charge in [-0.05, 0) is 81.7 Å². The number of nitrogens with two attached hydrogens (primary N) is 1. The molecule has 234 valence electrons. The fourth-order valence-electron chi connectivity index (χ4n) is 5.78. The van der Waals surface area contributed by atoms with Crippen molar-refractivity contribution in [1.82, 2.24) is 24.2 Å². The van der Waals surface area contributed by atoms with E-state index >= 15 is 0 Å². The van der Waals surface area contributed by atoms with Crippen LogP contribution in [-0.2, 0) is 7.05 Å². The van der Waals surface area contributed by atoms with Gasteiger partial charge in [-0.15, -0.1) is 0 Å². The highest BCUT2D eigenvalue weighted by Gasteiger charge is 2.28. The molecule has 1 saturated heterocycles. The van der Waals surface area contributed by atoms with Gasteiger partial charge in [-0.2, -0.15) is 0 Å². The van der Waals surface area contributed by atoms with Crippen molar-refractivity contribution in [3.63, 3.8) is 0 Å². The third kappa shape index (κ3) is 7.56. The molecule has 1 aliphatic heterocycles. The quantitative estimate of drug-likeness (QED) is 0.217. The molecule has 9 heteroatoms. The number of piperidine rings is 1. The molecule has 2 aromatic heterocycles.